The van der Waals surface area contributed by atoms with Gasteiger partial charge < -0.3 is 15.4 Å². The standard InChI is InChI=1S/C10H15N3O2S/c1-8(7-16-2)5-11-9-3-4-10(12-6-9)13(14)15/h3-4,6,8,11H,5,7H2,1-2H3. The third-order valence-corrected chi connectivity index (χ3v) is 2.94. The van der Waals surface area contributed by atoms with E-state index < -0.39 is 4.92 Å². The van der Waals surface area contributed by atoms with Gasteiger partial charge in [-0.2, -0.15) is 11.8 Å². The molecular weight excluding hydrogens is 226 g/mol. The molecule has 0 radical (unpaired) electrons. The summed E-state index contributed by atoms with van der Waals surface area (Å²) in [6.45, 7) is 3.00. The van der Waals surface area contributed by atoms with E-state index in [1.807, 2.05) is 0 Å². The van der Waals surface area contributed by atoms with Crippen LogP contribution in [-0.2, 0) is 0 Å². The lowest BCUT2D eigenvalue weighted by Gasteiger charge is -2.10. The molecule has 0 amide bonds. The lowest BCUT2D eigenvalue weighted by molar-refractivity contribution is -0.389. The summed E-state index contributed by atoms with van der Waals surface area (Å²) in [5.74, 6) is 1.53. The molecule has 1 aromatic rings. The van der Waals surface area contributed by atoms with Gasteiger partial charge in [-0.05, 0) is 33.9 Å². The van der Waals surface area contributed by atoms with E-state index in [1.54, 1.807) is 17.8 Å². The van der Waals surface area contributed by atoms with Crippen LogP contribution in [0.2, 0.25) is 0 Å². The second-order valence-corrected chi connectivity index (χ2v) is 4.51. The Kier molecular flexibility index (Phi) is 5.04. The van der Waals surface area contributed by atoms with E-state index in [0.29, 0.717) is 5.92 Å². The zero-order valence-corrected chi connectivity index (χ0v) is 10.2. The van der Waals surface area contributed by atoms with Crippen molar-refractivity contribution in [3.8, 4) is 0 Å². The Bertz CT molecular complexity index is 342. The summed E-state index contributed by atoms with van der Waals surface area (Å²) in [5, 5.41) is 13.6. The first-order valence-electron chi connectivity index (χ1n) is 4.96. The molecule has 1 N–H and O–H groups in total. The van der Waals surface area contributed by atoms with Crippen molar-refractivity contribution >= 4 is 23.3 Å². The Balaban J connectivity index is 2.46. The Hall–Kier alpha value is -1.30. The summed E-state index contributed by atoms with van der Waals surface area (Å²) in [6.07, 6.45) is 3.56. The summed E-state index contributed by atoms with van der Waals surface area (Å²) in [4.78, 5) is 13.6. The summed E-state index contributed by atoms with van der Waals surface area (Å²) in [6, 6.07) is 3.08. The molecule has 0 saturated carbocycles. The van der Waals surface area contributed by atoms with Gasteiger partial charge in [-0.15, -0.1) is 0 Å². The zero-order chi connectivity index (χ0) is 12.0. The van der Waals surface area contributed by atoms with Crippen LogP contribution < -0.4 is 5.32 Å². The topological polar surface area (TPSA) is 68.1 Å². The summed E-state index contributed by atoms with van der Waals surface area (Å²) < 4.78 is 0. The highest BCUT2D eigenvalue weighted by molar-refractivity contribution is 7.98. The highest BCUT2D eigenvalue weighted by atomic mass is 32.2. The van der Waals surface area contributed by atoms with Crippen molar-refractivity contribution in [2.45, 2.75) is 6.92 Å². The largest absolute Gasteiger partial charge is 0.382 e. The number of anilines is 1. The lowest BCUT2D eigenvalue weighted by atomic mass is 10.2. The molecule has 0 aromatic carbocycles. The van der Waals surface area contributed by atoms with E-state index in [9.17, 15) is 10.1 Å². The Morgan fingerprint density at radius 3 is 2.88 bits per heavy atom. The van der Waals surface area contributed by atoms with E-state index in [4.69, 9.17) is 0 Å². The van der Waals surface area contributed by atoms with E-state index in [2.05, 4.69) is 23.5 Å². The first-order valence-corrected chi connectivity index (χ1v) is 6.36. The first-order chi connectivity index (χ1) is 7.63. The Labute approximate surface area is 98.8 Å². The van der Waals surface area contributed by atoms with Crippen molar-refractivity contribution in [3.63, 3.8) is 0 Å². The van der Waals surface area contributed by atoms with Crippen molar-refractivity contribution in [1.29, 1.82) is 0 Å². The van der Waals surface area contributed by atoms with Crippen molar-refractivity contribution in [1.82, 2.24) is 4.98 Å². The van der Waals surface area contributed by atoms with Gasteiger partial charge in [-0.3, -0.25) is 0 Å². The fourth-order valence-corrected chi connectivity index (χ4v) is 1.92. The van der Waals surface area contributed by atoms with Crippen LogP contribution in [0.3, 0.4) is 0 Å². The fraction of sp³-hybridized carbons (Fsp3) is 0.500. The number of thioether (sulfide) groups is 1. The van der Waals surface area contributed by atoms with E-state index in [1.165, 1.54) is 12.3 Å². The van der Waals surface area contributed by atoms with Crippen LogP contribution in [0, 0.1) is 16.0 Å². The molecule has 0 spiro atoms. The van der Waals surface area contributed by atoms with Gasteiger partial charge in [0, 0.05) is 12.6 Å². The van der Waals surface area contributed by atoms with Crippen LogP contribution in [0.15, 0.2) is 18.3 Å². The first kappa shape index (κ1) is 12.8. The van der Waals surface area contributed by atoms with Crippen LogP contribution in [0.25, 0.3) is 0 Å². The van der Waals surface area contributed by atoms with Gasteiger partial charge in [-0.1, -0.05) is 6.92 Å². The van der Waals surface area contributed by atoms with Gasteiger partial charge in [0.05, 0.1) is 5.69 Å². The number of rotatable bonds is 6. The number of aromatic nitrogens is 1. The predicted molar refractivity (Wildman–Crippen MR) is 66.9 cm³/mol. The van der Waals surface area contributed by atoms with Crippen molar-refractivity contribution in [2.75, 3.05) is 23.9 Å². The van der Waals surface area contributed by atoms with Crippen LogP contribution in [0.4, 0.5) is 11.5 Å². The second-order valence-electron chi connectivity index (χ2n) is 3.60. The third kappa shape index (κ3) is 4.06. The summed E-state index contributed by atoms with van der Waals surface area (Å²) >= 11 is 1.81. The van der Waals surface area contributed by atoms with Gasteiger partial charge in [0.2, 0.25) is 0 Å². The number of hydrogen-bond acceptors (Lipinski definition) is 5. The molecule has 88 valence electrons. The quantitative estimate of drug-likeness (QED) is 0.612. The number of pyridine rings is 1. The monoisotopic (exact) mass is 241 g/mol. The predicted octanol–water partition coefficient (Wildman–Crippen LogP) is 2.40. The molecule has 1 atom stereocenters. The third-order valence-electron chi connectivity index (χ3n) is 2.04. The van der Waals surface area contributed by atoms with Gasteiger partial charge >= 0.3 is 5.82 Å². The molecule has 16 heavy (non-hydrogen) atoms. The minimum atomic E-state index is -0.500. The van der Waals surface area contributed by atoms with Gasteiger partial charge in [-0.25, -0.2) is 0 Å². The minimum absolute atomic E-state index is 0.122. The molecule has 1 unspecified atom stereocenters. The van der Waals surface area contributed by atoms with Crippen LogP contribution in [0.1, 0.15) is 6.92 Å². The van der Waals surface area contributed by atoms with Crippen molar-refractivity contribution in [3.05, 3.63) is 28.4 Å². The Morgan fingerprint density at radius 1 is 1.62 bits per heavy atom. The summed E-state index contributed by atoms with van der Waals surface area (Å²) in [7, 11) is 0. The number of nitrogens with one attached hydrogen (secondary N) is 1. The molecule has 0 aliphatic rings. The minimum Gasteiger partial charge on any atom is -0.382 e. The number of nitrogens with zero attached hydrogens (tertiary/aromatic N) is 2. The van der Waals surface area contributed by atoms with Crippen LogP contribution in [-0.4, -0.2) is 28.5 Å². The van der Waals surface area contributed by atoms with E-state index in [0.717, 1.165) is 18.0 Å². The molecule has 6 heteroatoms. The Morgan fingerprint density at radius 2 is 2.38 bits per heavy atom. The van der Waals surface area contributed by atoms with Gasteiger partial charge in [0.1, 0.15) is 0 Å². The molecule has 0 aliphatic heterocycles. The maximum absolute atomic E-state index is 10.4. The zero-order valence-electron chi connectivity index (χ0n) is 9.34. The second kappa shape index (κ2) is 6.32. The maximum Gasteiger partial charge on any atom is 0.363 e. The van der Waals surface area contributed by atoms with Crippen molar-refractivity contribution in [2.24, 2.45) is 5.92 Å². The smallest absolute Gasteiger partial charge is 0.363 e. The molecule has 1 aromatic heterocycles. The van der Waals surface area contributed by atoms with Gasteiger partial charge in [0.25, 0.3) is 0 Å². The number of hydrogen-bond donors (Lipinski definition) is 1. The highest BCUT2D eigenvalue weighted by Gasteiger charge is 2.06. The molecule has 0 aliphatic carbocycles. The van der Waals surface area contributed by atoms with Crippen molar-refractivity contribution < 1.29 is 4.92 Å². The molecule has 0 fully saturated rings. The number of nitro groups is 1. The fourth-order valence-electron chi connectivity index (χ4n) is 1.23. The SMILES string of the molecule is CSCC(C)CNc1ccc([N+](=O)[O-])nc1. The molecule has 0 bridgehead atoms. The normalized spacial score (nSPS) is 12.1. The molecule has 5 nitrogen and oxygen atoms in total. The maximum atomic E-state index is 10.4. The van der Waals surface area contributed by atoms with Crippen LogP contribution >= 0.6 is 11.8 Å². The molecule has 1 heterocycles. The van der Waals surface area contributed by atoms with Gasteiger partial charge in [0.15, 0.2) is 6.20 Å². The molecule has 0 saturated heterocycles. The lowest BCUT2D eigenvalue weighted by Crippen LogP contribution is -2.13. The van der Waals surface area contributed by atoms with E-state index >= 15 is 0 Å². The van der Waals surface area contributed by atoms with Crippen LogP contribution in [0.5, 0.6) is 0 Å². The molecular formula is C10H15N3O2S. The highest BCUT2D eigenvalue weighted by Crippen LogP contribution is 2.12. The molecule has 1 rings (SSSR count). The summed E-state index contributed by atoms with van der Waals surface area (Å²) in [5.41, 5.74) is 0.818. The average molecular weight is 241 g/mol. The van der Waals surface area contributed by atoms with E-state index in [-0.39, 0.29) is 5.82 Å². The average Bonchev–Trinajstić information content (AvgIpc) is 2.27.